The van der Waals surface area contributed by atoms with Gasteiger partial charge in [0.25, 0.3) is 0 Å². The molecule has 0 unspecified atom stereocenters. The summed E-state index contributed by atoms with van der Waals surface area (Å²) in [5.74, 6) is 0.977. The Kier molecular flexibility index (Phi) is 4.41. The van der Waals surface area contributed by atoms with Crippen LogP contribution in [0, 0.1) is 12.3 Å². The van der Waals surface area contributed by atoms with Crippen LogP contribution in [-0.4, -0.2) is 22.5 Å². The highest BCUT2D eigenvalue weighted by molar-refractivity contribution is 5.90. The molecule has 1 aromatic heterocycles. The molecule has 20 heavy (non-hydrogen) atoms. The molecule has 1 heterocycles. The fourth-order valence-corrected chi connectivity index (χ4v) is 2.75. The van der Waals surface area contributed by atoms with E-state index in [4.69, 9.17) is 4.74 Å². The summed E-state index contributed by atoms with van der Waals surface area (Å²) in [6.07, 6.45) is 6.30. The molecule has 1 fully saturated rings. The van der Waals surface area contributed by atoms with Gasteiger partial charge in [-0.05, 0) is 44.9 Å². The highest BCUT2D eigenvalue weighted by atomic mass is 16.5. The SMILES string of the molecule is CCOC(=O)c1cnc(C2CCC(C)(C)CC2)nc1C. The summed E-state index contributed by atoms with van der Waals surface area (Å²) in [6.45, 7) is 8.66. The summed E-state index contributed by atoms with van der Waals surface area (Å²) in [4.78, 5) is 20.7. The van der Waals surface area contributed by atoms with E-state index in [1.165, 1.54) is 12.8 Å². The number of esters is 1. The molecule has 0 aromatic carbocycles. The number of rotatable bonds is 3. The van der Waals surface area contributed by atoms with E-state index in [2.05, 4.69) is 23.8 Å². The molecule has 2 rings (SSSR count). The third-order valence-corrected chi connectivity index (χ3v) is 4.20. The van der Waals surface area contributed by atoms with Gasteiger partial charge < -0.3 is 4.74 Å². The largest absolute Gasteiger partial charge is 0.462 e. The number of nitrogens with zero attached hydrogens (tertiary/aromatic N) is 2. The summed E-state index contributed by atoms with van der Waals surface area (Å²) in [7, 11) is 0. The maximum absolute atomic E-state index is 11.7. The monoisotopic (exact) mass is 276 g/mol. The second kappa shape index (κ2) is 5.90. The molecule has 1 aromatic rings. The lowest BCUT2D eigenvalue weighted by Crippen LogP contribution is -2.22. The first kappa shape index (κ1) is 14.9. The quantitative estimate of drug-likeness (QED) is 0.791. The fourth-order valence-electron chi connectivity index (χ4n) is 2.75. The summed E-state index contributed by atoms with van der Waals surface area (Å²) in [5, 5.41) is 0. The first-order chi connectivity index (χ1) is 9.43. The molecule has 110 valence electrons. The molecular formula is C16H24N2O2. The Balaban J connectivity index is 2.11. The lowest BCUT2D eigenvalue weighted by molar-refractivity contribution is 0.0524. The van der Waals surface area contributed by atoms with Crippen molar-refractivity contribution in [2.45, 2.75) is 59.3 Å². The molecule has 4 nitrogen and oxygen atoms in total. The van der Waals surface area contributed by atoms with Gasteiger partial charge in [-0.1, -0.05) is 13.8 Å². The van der Waals surface area contributed by atoms with Crippen molar-refractivity contribution in [2.24, 2.45) is 5.41 Å². The van der Waals surface area contributed by atoms with Crippen molar-refractivity contribution in [2.75, 3.05) is 6.61 Å². The van der Waals surface area contributed by atoms with Gasteiger partial charge in [0.2, 0.25) is 0 Å². The summed E-state index contributed by atoms with van der Waals surface area (Å²) in [5.41, 5.74) is 1.64. The number of aryl methyl sites for hydroxylation is 1. The number of ether oxygens (including phenoxy) is 1. The van der Waals surface area contributed by atoms with Crippen LogP contribution in [0.25, 0.3) is 0 Å². The predicted molar refractivity (Wildman–Crippen MR) is 77.7 cm³/mol. The average Bonchev–Trinajstić information content (AvgIpc) is 2.38. The van der Waals surface area contributed by atoms with E-state index >= 15 is 0 Å². The molecule has 4 heteroatoms. The maximum atomic E-state index is 11.7. The molecule has 1 saturated carbocycles. The Hall–Kier alpha value is -1.45. The minimum atomic E-state index is -0.332. The highest BCUT2D eigenvalue weighted by Crippen LogP contribution is 2.41. The van der Waals surface area contributed by atoms with Crippen LogP contribution in [0.3, 0.4) is 0 Å². The molecule has 0 spiro atoms. The lowest BCUT2D eigenvalue weighted by Gasteiger charge is -2.33. The molecule has 1 aliphatic carbocycles. The van der Waals surface area contributed by atoms with Crippen molar-refractivity contribution in [3.63, 3.8) is 0 Å². The van der Waals surface area contributed by atoms with E-state index in [0.717, 1.165) is 24.4 Å². The fraction of sp³-hybridized carbons (Fsp3) is 0.688. The van der Waals surface area contributed by atoms with Crippen molar-refractivity contribution in [3.05, 3.63) is 23.3 Å². The van der Waals surface area contributed by atoms with Gasteiger partial charge in [-0.25, -0.2) is 14.8 Å². The molecule has 0 N–H and O–H groups in total. The number of aromatic nitrogens is 2. The zero-order chi connectivity index (χ0) is 14.8. The van der Waals surface area contributed by atoms with Crippen LogP contribution in [0.15, 0.2) is 6.20 Å². The van der Waals surface area contributed by atoms with Crippen LogP contribution in [0.2, 0.25) is 0 Å². The van der Waals surface area contributed by atoms with Gasteiger partial charge in [0.1, 0.15) is 5.82 Å². The van der Waals surface area contributed by atoms with Crippen LogP contribution in [0.4, 0.5) is 0 Å². The molecule has 1 aliphatic rings. The van der Waals surface area contributed by atoms with Crippen molar-refractivity contribution in [1.82, 2.24) is 9.97 Å². The standard InChI is InChI=1S/C16H24N2O2/c1-5-20-15(19)13-10-17-14(18-11(13)2)12-6-8-16(3,4)9-7-12/h10,12H,5-9H2,1-4H3. The Bertz CT molecular complexity index is 487. The molecule has 0 aliphatic heterocycles. The molecule has 0 saturated heterocycles. The van der Waals surface area contributed by atoms with Crippen molar-refractivity contribution >= 4 is 5.97 Å². The second-order valence-corrected chi connectivity index (χ2v) is 6.39. The number of hydrogen-bond acceptors (Lipinski definition) is 4. The van der Waals surface area contributed by atoms with Crippen LogP contribution in [-0.2, 0) is 4.74 Å². The molecule has 0 bridgehead atoms. The van der Waals surface area contributed by atoms with Crippen LogP contribution < -0.4 is 0 Å². The van der Waals surface area contributed by atoms with Crippen molar-refractivity contribution in [1.29, 1.82) is 0 Å². The molecule has 0 amide bonds. The number of carbonyl (C=O) groups is 1. The third kappa shape index (κ3) is 3.35. The Labute approximate surface area is 121 Å². The topological polar surface area (TPSA) is 52.1 Å². The van der Waals surface area contributed by atoms with E-state index in [1.54, 1.807) is 13.1 Å². The lowest BCUT2D eigenvalue weighted by atomic mass is 9.73. The number of carbonyl (C=O) groups excluding carboxylic acids is 1. The Morgan fingerprint density at radius 3 is 2.60 bits per heavy atom. The van der Waals surface area contributed by atoms with Gasteiger partial charge in [0.15, 0.2) is 0 Å². The van der Waals surface area contributed by atoms with Gasteiger partial charge in [0, 0.05) is 12.1 Å². The van der Waals surface area contributed by atoms with Gasteiger partial charge in [0.05, 0.1) is 17.9 Å². The molecular weight excluding hydrogens is 252 g/mol. The summed E-state index contributed by atoms with van der Waals surface area (Å²) >= 11 is 0. The normalized spacial score (nSPS) is 18.8. The van der Waals surface area contributed by atoms with Crippen LogP contribution in [0.5, 0.6) is 0 Å². The second-order valence-electron chi connectivity index (χ2n) is 6.39. The molecule has 0 atom stereocenters. The van der Waals surface area contributed by atoms with E-state index in [9.17, 15) is 4.79 Å². The van der Waals surface area contributed by atoms with E-state index in [-0.39, 0.29) is 5.97 Å². The number of hydrogen-bond donors (Lipinski definition) is 0. The summed E-state index contributed by atoms with van der Waals surface area (Å²) in [6, 6.07) is 0. The van der Waals surface area contributed by atoms with Gasteiger partial charge in [-0.3, -0.25) is 0 Å². The van der Waals surface area contributed by atoms with Crippen molar-refractivity contribution < 1.29 is 9.53 Å². The van der Waals surface area contributed by atoms with Gasteiger partial charge >= 0.3 is 5.97 Å². The van der Waals surface area contributed by atoms with E-state index in [1.807, 2.05) is 6.92 Å². The first-order valence-corrected chi connectivity index (χ1v) is 7.43. The zero-order valence-electron chi connectivity index (χ0n) is 12.9. The Morgan fingerprint density at radius 1 is 1.40 bits per heavy atom. The first-order valence-electron chi connectivity index (χ1n) is 7.43. The van der Waals surface area contributed by atoms with Crippen LogP contribution in [0.1, 0.15) is 74.2 Å². The smallest absolute Gasteiger partial charge is 0.341 e. The van der Waals surface area contributed by atoms with Gasteiger partial charge in [-0.15, -0.1) is 0 Å². The predicted octanol–water partition coefficient (Wildman–Crippen LogP) is 3.65. The molecule has 0 radical (unpaired) electrons. The van der Waals surface area contributed by atoms with E-state index < -0.39 is 0 Å². The maximum Gasteiger partial charge on any atom is 0.341 e. The zero-order valence-corrected chi connectivity index (χ0v) is 12.9. The van der Waals surface area contributed by atoms with E-state index in [0.29, 0.717) is 23.5 Å². The average molecular weight is 276 g/mol. The van der Waals surface area contributed by atoms with Gasteiger partial charge in [-0.2, -0.15) is 0 Å². The highest BCUT2D eigenvalue weighted by Gasteiger charge is 2.29. The minimum Gasteiger partial charge on any atom is -0.462 e. The Morgan fingerprint density at radius 2 is 2.05 bits per heavy atom. The minimum absolute atomic E-state index is 0.332. The van der Waals surface area contributed by atoms with Crippen LogP contribution >= 0.6 is 0 Å². The third-order valence-electron chi connectivity index (χ3n) is 4.20. The van der Waals surface area contributed by atoms with Crippen molar-refractivity contribution in [3.8, 4) is 0 Å². The summed E-state index contributed by atoms with van der Waals surface area (Å²) < 4.78 is 5.00.